The van der Waals surface area contributed by atoms with E-state index in [1.54, 1.807) is 36.3 Å². The number of allylic oxidation sites excluding steroid dienone is 4. The molecule has 4 rings (SSSR count). The van der Waals surface area contributed by atoms with Gasteiger partial charge in [0.2, 0.25) is 0 Å². The summed E-state index contributed by atoms with van der Waals surface area (Å²) in [5, 5.41) is 18.3. The van der Waals surface area contributed by atoms with Crippen molar-refractivity contribution in [2.75, 3.05) is 18.1 Å². The number of carbonyl (C=O) groups excluding carboxylic acids is 1. The first kappa shape index (κ1) is 27.0. The van der Waals surface area contributed by atoms with Gasteiger partial charge in [0.25, 0.3) is 5.91 Å². The van der Waals surface area contributed by atoms with Gasteiger partial charge < -0.3 is 15.3 Å². The van der Waals surface area contributed by atoms with Gasteiger partial charge in [0, 0.05) is 30.6 Å². The third-order valence-electron chi connectivity index (χ3n) is 6.40. The first-order chi connectivity index (χ1) is 18.4. The van der Waals surface area contributed by atoms with E-state index in [4.69, 9.17) is 0 Å². The van der Waals surface area contributed by atoms with Crippen LogP contribution in [0.25, 0.3) is 0 Å². The highest BCUT2D eigenvalue weighted by Crippen LogP contribution is 2.25. The maximum Gasteiger partial charge on any atom is 0.258 e. The number of amides is 1. The van der Waals surface area contributed by atoms with Crippen LogP contribution in [0.5, 0.6) is 0 Å². The Kier molecular flexibility index (Phi) is 8.88. The lowest BCUT2D eigenvalue weighted by molar-refractivity contribution is 0.0962. The molecule has 1 amide bonds. The molecule has 1 aromatic heterocycles. The number of hydrazine groups is 2. The number of pyridine rings is 1. The molecule has 3 heterocycles. The highest BCUT2D eigenvalue weighted by molar-refractivity contribution is 6.01. The van der Waals surface area contributed by atoms with Gasteiger partial charge in [-0.05, 0) is 68.2 Å². The van der Waals surface area contributed by atoms with E-state index in [1.807, 2.05) is 44.2 Å². The van der Waals surface area contributed by atoms with Crippen molar-refractivity contribution in [1.82, 2.24) is 26.4 Å². The Hall–Kier alpha value is -4.02. The number of halogens is 1. The molecule has 0 bridgehead atoms. The van der Waals surface area contributed by atoms with Gasteiger partial charge in [0.05, 0.1) is 18.2 Å². The Bertz CT molecular complexity index is 1270. The van der Waals surface area contributed by atoms with Crippen LogP contribution < -0.4 is 21.3 Å². The molecule has 1 aromatic carbocycles. The average Bonchev–Trinajstić information content (AvgIpc) is 3.42. The van der Waals surface area contributed by atoms with Gasteiger partial charge in [-0.15, -0.1) is 10.6 Å². The van der Waals surface area contributed by atoms with Crippen LogP contribution in [-0.2, 0) is 13.0 Å². The second-order valence-electron chi connectivity index (χ2n) is 9.25. The number of aliphatic hydroxyl groups is 1. The van der Waals surface area contributed by atoms with Crippen LogP contribution in [0.2, 0.25) is 0 Å². The van der Waals surface area contributed by atoms with Crippen LogP contribution in [0, 0.1) is 5.82 Å². The first-order valence-corrected chi connectivity index (χ1v) is 12.7. The summed E-state index contributed by atoms with van der Waals surface area (Å²) in [5.74, 6) is 0.486. The minimum Gasteiger partial charge on any atom is -0.394 e. The number of rotatable bonds is 9. The van der Waals surface area contributed by atoms with Crippen LogP contribution in [0.4, 0.5) is 10.2 Å². The zero-order chi connectivity index (χ0) is 27.1. The number of anilines is 1. The Morgan fingerprint density at radius 3 is 2.89 bits per heavy atom. The fourth-order valence-electron chi connectivity index (χ4n) is 4.37. The molecule has 0 aliphatic carbocycles. The van der Waals surface area contributed by atoms with Crippen molar-refractivity contribution >= 4 is 17.6 Å². The zero-order valence-corrected chi connectivity index (χ0v) is 21.9. The Morgan fingerprint density at radius 1 is 1.32 bits per heavy atom. The molecule has 0 fully saturated rings. The molecule has 0 spiro atoms. The van der Waals surface area contributed by atoms with Crippen LogP contribution in [0.3, 0.4) is 0 Å². The van der Waals surface area contributed by atoms with Gasteiger partial charge in [-0.3, -0.25) is 9.80 Å². The van der Waals surface area contributed by atoms with E-state index in [1.165, 1.54) is 6.07 Å². The number of hydrogen-bond acceptors (Lipinski definition) is 8. The number of benzene rings is 1. The van der Waals surface area contributed by atoms with Crippen LogP contribution >= 0.6 is 0 Å². The number of amidine groups is 1. The normalized spacial score (nSPS) is 16.8. The molecule has 1 unspecified atom stereocenters. The molecule has 9 nitrogen and oxygen atoms in total. The van der Waals surface area contributed by atoms with Gasteiger partial charge in [0.1, 0.15) is 11.6 Å². The third kappa shape index (κ3) is 6.27. The number of hydrogen-bond donors (Lipinski definition) is 4. The molecule has 200 valence electrons. The second kappa shape index (κ2) is 12.5. The summed E-state index contributed by atoms with van der Waals surface area (Å²) in [7, 11) is 0. The van der Waals surface area contributed by atoms with Crippen molar-refractivity contribution in [3.8, 4) is 0 Å². The van der Waals surface area contributed by atoms with Crippen molar-refractivity contribution in [1.29, 1.82) is 0 Å². The summed E-state index contributed by atoms with van der Waals surface area (Å²) < 4.78 is 14.9. The van der Waals surface area contributed by atoms with Gasteiger partial charge in [0.15, 0.2) is 5.84 Å². The number of hydrazone groups is 1. The number of nitrogens with zero attached hydrogens (tertiary/aromatic N) is 4. The lowest BCUT2D eigenvalue weighted by Gasteiger charge is -2.30. The van der Waals surface area contributed by atoms with E-state index in [2.05, 4.69) is 31.4 Å². The Labute approximate surface area is 222 Å². The summed E-state index contributed by atoms with van der Waals surface area (Å²) in [5.41, 5.74) is 8.90. The molecule has 4 N–H and O–H groups in total. The SMILES string of the molecule is CC/C=C(/C=C\C=C(/C)NC(=O)c1cc2c(cc1F)CCN(c1ccccn1)C2)C1=NNNN1C(C)CO. The van der Waals surface area contributed by atoms with E-state index < -0.39 is 11.7 Å². The predicted octanol–water partition coefficient (Wildman–Crippen LogP) is 3.33. The molecule has 38 heavy (non-hydrogen) atoms. The third-order valence-corrected chi connectivity index (χ3v) is 6.40. The zero-order valence-electron chi connectivity index (χ0n) is 21.9. The number of fused-ring (bicyclic) bond motifs is 1. The highest BCUT2D eigenvalue weighted by atomic mass is 19.1. The molecule has 0 saturated carbocycles. The van der Waals surface area contributed by atoms with Crippen LogP contribution in [0.1, 0.15) is 48.7 Å². The number of aromatic nitrogens is 1. The average molecular weight is 520 g/mol. The molecule has 10 heteroatoms. The maximum atomic E-state index is 14.9. The largest absolute Gasteiger partial charge is 0.394 e. The number of aliphatic hydroxyl groups excluding tert-OH is 1. The lowest BCUT2D eigenvalue weighted by Crippen LogP contribution is -2.48. The van der Waals surface area contributed by atoms with Gasteiger partial charge >= 0.3 is 0 Å². The minimum atomic E-state index is -0.526. The molecular weight excluding hydrogens is 485 g/mol. The summed E-state index contributed by atoms with van der Waals surface area (Å²) in [6.45, 7) is 6.92. The van der Waals surface area contributed by atoms with Crippen molar-refractivity contribution in [3.05, 3.63) is 94.6 Å². The van der Waals surface area contributed by atoms with Gasteiger partial charge in [-0.1, -0.05) is 31.2 Å². The van der Waals surface area contributed by atoms with Crippen LogP contribution in [-0.4, -0.2) is 46.0 Å². The van der Waals surface area contributed by atoms with Crippen molar-refractivity contribution in [3.63, 3.8) is 0 Å². The number of carbonyl (C=O) groups is 1. The molecule has 0 radical (unpaired) electrons. The first-order valence-electron chi connectivity index (χ1n) is 12.7. The van der Waals surface area contributed by atoms with E-state index in [0.29, 0.717) is 24.5 Å². The summed E-state index contributed by atoms with van der Waals surface area (Å²) in [4.78, 5) is 19.5. The lowest BCUT2D eigenvalue weighted by atomic mass is 9.96. The van der Waals surface area contributed by atoms with E-state index in [0.717, 1.165) is 35.5 Å². The monoisotopic (exact) mass is 519 g/mol. The standard InChI is InChI=1S/C28H34FN7O2/c1-4-8-21(27-32-33-34-36(27)20(3)18-37)10-7-9-19(2)31-28(38)24-15-23-17-35(26-11-5-6-13-30-26)14-12-22(23)16-25(24)29/h5-11,13,15-16,20,33-34,37H,4,12,14,17-18H2,1-3H3,(H,31,38)/b10-7-,19-9+,21-8-. The molecular formula is C28H34FN7O2. The van der Waals surface area contributed by atoms with Crippen LogP contribution in [0.15, 0.2) is 77.2 Å². The fourth-order valence-corrected chi connectivity index (χ4v) is 4.37. The molecule has 2 aromatic rings. The van der Waals surface area contributed by atoms with Gasteiger partial charge in [-0.25, -0.2) is 14.9 Å². The maximum absolute atomic E-state index is 14.9. The summed E-state index contributed by atoms with van der Waals surface area (Å²) in [6.07, 6.45) is 10.7. The fraction of sp³-hybridized carbons (Fsp3) is 0.321. The predicted molar refractivity (Wildman–Crippen MR) is 146 cm³/mol. The summed E-state index contributed by atoms with van der Waals surface area (Å²) in [6, 6.07) is 8.69. The summed E-state index contributed by atoms with van der Waals surface area (Å²) >= 11 is 0. The van der Waals surface area contributed by atoms with Crippen molar-refractivity contribution in [2.24, 2.45) is 5.10 Å². The highest BCUT2D eigenvalue weighted by Gasteiger charge is 2.24. The molecule has 0 saturated heterocycles. The molecule has 2 aliphatic heterocycles. The van der Waals surface area contributed by atoms with E-state index in [9.17, 15) is 14.3 Å². The Morgan fingerprint density at radius 2 is 2.16 bits per heavy atom. The molecule has 2 aliphatic rings. The van der Waals surface area contributed by atoms with Crippen molar-refractivity contribution in [2.45, 2.75) is 46.2 Å². The topological polar surface area (TPSA) is 105 Å². The minimum absolute atomic E-state index is 0.0148. The smallest absolute Gasteiger partial charge is 0.258 e. The second-order valence-corrected chi connectivity index (χ2v) is 9.25. The van der Waals surface area contributed by atoms with E-state index in [-0.39, 0.29) is 18.2 Å². The van der Waals surface area contributed by atoms with Crippen molar-refractivity contribution < 1.29 is 14.3 Å². The Balaban J connectivity index is 1.45. The van der Waals surface area contributed by atoms with Gasteiger partial charge in [-0.2, -0.15) is 0 Å². The number of nitrogens with one attached hydrogen (secondary N) is 3. The quantitative estimate of drug-likeness (QED) is 0.377. The molecule has 1 atom stereocenters. The van der Waals surface area contributed by atoms with E-state index >= 15 is 0 Å².